The van der Waals surface area contributed by atoms with Crippen LogP contribution in [0.1, 0.15) is 38.3 Å². The molecule has 5 nitrogen and oxygen atoms in total. The van der Waals surface area contributed by atoms with Crippen molar-refractivity contribution in [3.63, 3.8) is 0 Å². The summed E-state index contributed by atoms with van der Waals surface area (Å²) in [6.07, 6.45) is 1.05. The van der Waals surface area contributed by atoms with Gasteiger partial charge in [-0.15, -0.1) is 11.8 Å². The van der Waals surface area contributed by atoms with E-state index >= 15 is 0 Å². The number of carbonyl (C=O) groups excluding carboxylic acids is 2. The van der Waals surface area contributed by atoms with E-state index in [1.807, 2.05) is 44.2 Å². The first-order chi connectivity index (χ1) is 13.4. The molecule has 0 radical (unpaired) electrons. The van der Waals surface area contributed by atoms with Crippen LogP contribution in [0.3, 0.4) is 0 Å². The van der Waals surface area contributed by atoms with E-state index in [-0.39, 0.29) is 17.9 Å². The van der Waals surface area contributed by atoms with Gasteiger partial charge in [-0.2, -0.15) is 0 Å². The maximum absolute atomic E-state index is 12.5. The topological polar surface area (TPSA) is 78.4 Å². The molecule has 150 valence electrons. The van der Waals surface area contributed by atoms with Crippen molar-refractivity contribution in [3.8, 4) is 0 Å². The van der Waals surface area contributed by atoms with E-state index in [1.54, 1.807) is 18.2 Å². The van der Waals surface area contributed by atoms with E-state index in [1.165, 1.54) is 11.8 Å². The monoisotopic (exact) mass is 420 g/mol. The lowest BCUT2D eigenvalue weighted by atomic mass is 10.0. The van der Waals surface area contributed by atoms with Gasteiger partial charge < -0.3 is 15.7 Å². The quantitative estimate of drug-likeness (QED) is 0.436. The van der Waals surface area contributed by atoms with Crippen LogP contribution in [0, 0.1) is 0 Å². The molecule has 2 aromatic carbocycles. The van der Waals surface area contributed by atoms with E-state index in [0.717, 1.165) is 10.5 Å². The Kier molecular flexibility index (Phi) is 8.83. The Morgan fingerprint density at radius 3 is 2.43 bits per heavy atom. The molecule has 0 saturated carbocycles. The molecule has 0 spiro atoms. The molecule has 2 aromatic rings. The molecule has 7 heteroatoms. The molecule has 0 aliphatic rings. The summed E-state index contributed by atoms with van der Waals surface area (Å²) < 4.78 is 0. The van der Waals surface area contributed by atoms with Crippen LogP contribution in [0.25, 0.3) is 0 Å². The number of thioether (sulfide) groups is 1. The van der Waals surface area contributed by atoms with E-state index < -0.39 is 11.8 Å². The Morgan fingerprint density at radius 1 is 1.07 bits per heavy atom. The van der Waals surface area contributed by atoms with Gasteiger partial charge in [0.25, 0.3) is 0 Å². The molecule has 0 aromatic heterocycles. The van der Waals surface area contributed by atoms with Crippen molar-refractivity contribution in [2.75, 3.05) is 11.9 Å². The summed E-state index contributed by atoms with van der Waals surface area (Å²) in [7, 11) is 0. The van der Waals surface area contributed by atoms with Crippen LogP contribution in [-0.4, -0.2) is 28.8 Å². The number of aliphatic hydroxyl groups excluding tert-OH is 1. The maximum atomic E-state index is 12.5. The molecule has 0 aliphatic heterocycles. The van der Waals surface area contributed by atoms with E-state index in [9.17, 15) is 9.59 Å². The average molecular weight is 421 g/mol. The van der Waals surface area contributed by atoms with Gasteiger partial charge in [0, 0.05) is 16.8 Å². The molecule has 0 saturated heterocycles. The second kappa shape index (κ2) is 11.1. The first-order valence-electron chi connectivity index (χ1n) is 9.15. The van der Waals surface area contributed by atoms with Gasteiger partial charge in [0.15, 0.2) is 0 Å². The lowest BCUT2D eigenvalue weighted by Gasteiger charge is -2.19. The molecule has 0 aliphatic carbocycles. The van der Waals surface area contributed by atoms with Crippen LogP contribution in [0.2, 0.25) is 5.02 Å². The minimum atomic E-state index is -0.752. The van der Waals surface area contributed by atoms with E-state index in [2.05, 4.69) is 10.6 Å². The number of rotatable bonds is 8. The van der Waals surface area contributed by atoms with Gasteiger partial charge in [0.2, 0.25) is 0 Å². The fourth-order valence-corrected chi connectivity index (χ4v) is 3.87. The van der Waals surface area contributed by atoms with Crippen LogP contribution in [-0.2, 0) is 9.59 Å². The third-order valence-corrected chi connectivity index (χ3v) is 5.51. The van der Waals surface area contributed by atoms with E-state index in [0.29, 0.717) is 23.6 Å². The Hall–Kier alpha value is -2.02. The maximum Gasteiger partial charge on any atom is 0.313 e. The third-order valence-electron chi connectivity index (χ3n) is 3.93. The van der Waals surface area contributed by atoms with Crippen molar-refractivity contribution in [1.82, 2.24) is 5.32 Å². The van der Waals surface area contributed by atoms with Gasteiger partial charge in [-0.05, 0) is 30.5 Å². The number of carbonyl (C=O) groups is 2. The van der Waals surface area contributed by atoms with Gasteiger partial charge in [-0.3, -0.25) is 9.59 Å². The summed E-state index contributed by atoms with van der Waals surface area (Å²) in [5.74, 6) is -1.48. The van der Waals surface area contributed by atoms with Gasteiger partial charge in [0.05, 0.1) is 16.8 Å². The number of halogens is 1. The number of benzene rings is 2. The molecule has 0 heterocycles. The zero-order valence-corrected chi connectivity index (χ0v) is 17.5. The third kappa shape index (κ3) is 6.55. The molecule has 0 fully saturated rings. The van der Waals surface area contributed by atoms with Crippen molar-refractivity contribution in [2.24, 2.45) is 0 Å². The standard InChI is InChI=1S/C21H25ClN2O3S/c1-14(2)28-19-16(22)10-6-11-18(19)24-21(27)20(26)23-17(12-7-13-25)15-8-4-3-5-9-15/h3-6,8-11,14,17,25H,7,12-13H2,1-2H3,(H,23,26)(H,24,27)/t17-/m0/s1. The predicted molar refractivity (Wildman–Crippen MR) is 115 cm³/mol. The Morgan fingerprint density at radius 2 is 1.79 bits per heavy atom. The van der Waals surface area contributed by atoms with Gasteiger partial charge in [-0.1, -0.05) is 61.8 Å². The second-order valence-corrected chi connectivity index (χ2v) is 8.53. The minimum Gasteiger partial charge on any atom is -0.396 e. The molecule has 0 bridgehead atoms. The molecule has 3 N–H and O–H groups in total. The summed E-state index contributed by atoms with van der Waals surface area (Å²) in [5.41, 5.74) is 1.40. The zero-order chi connectivity index (χ0) is 20.5. The molecule has 2 amide bonds. The number of hydrogen-bond acceptors (Lipinski definition) is 4. The van der Waals surface area contributed by atoms with Gasteiger partial charge in [0.1, 0.15) is 0 Å². The Labute approximate surface area is 174 Å². The van der Waals surface area contributed by atoms with Crippen LogP contribution < -0.4 is 10.6 Å². The molecule has 1 atom stereocenters. The largest absolute Gasteiger partial charge is 0.396 e. The van der Waals surface area contributed by atoms with Crippen LogP contribution >= 0.6 is 23.4 Å². The van der Waals surface area contributed by atoms with Crippen LogP contribution in [0.5, 0.6) is 0 Å². The van der Waals surface area contributed by atoms with Gasteiger partial charge in [-0.25, -0.2) is 0 Å². The summed E-state index contributed by atoms with van der Waals surface area (Å²) in [6, 6.07) is 14.2. The molecular weight excluding hydrogens is 396 g/mol. The highest BCUT2D eigenvalue weighted by Gasteiger charge is 2.21. The number of amides is 2. The van der Waals surface area contributed by atoms with Crippen LogP contribution in [0.4, 0.5) is 5.69 Å². The van der Waals surface area contributed by atoms with Gasteiger partial charge >= 0.3 is 11.8 Å². The summed E-state index contributed by atoms with van der Waals surface area (Å²) in [4.78, 5) is 25.7. The lowest BCUT2D eigenvalue weighted by molar-refractivity contribution is -0.136. The zero-order valence-electron chi connectivity index (χ0n) is 15.9. The van der Waals surface area contributed by atoms with Crippen molar-refractivity contribution in [2.45, 2.75) is 42.9 Å². The number of hydrogen-bond donors (Lipinski definition) is 3. The first kappa shape index (κ1) is 22.3. The highest BCUT2D eigenvalue weighted by atomic mass is 35.5. The van der Waals surface area contributed by atoms with Crippen LogP contribution in [0.15, 0.2) is 53.4 Å². The Balaban J connectivity index is 2.11. The number of aliphatic hydroxyl groups is 1. The first-order valence-corrected chi connectivity index (χ1v) is 10.4. The number of nitrogens with one attached hydrogen (secondary N) is 2. The van der Waals surface area contributed by atoms with Crippen molar-refractivity contribution in [1.29, 1.82) is 0 Å². The summed E-state index contributed by atoms with van der Waals surface area (Å²) in [6.45, 7) is 4.07. The average Bonchev–Trinajstić information content (AvgIpc) is 2.68. The fourth-order valence-electron chi connectivity index (χ4n) is 2.67. The highest BCUT2D eigenvalue weighted by Crippen LogP contribution is 2.36. The van der Waals surface area contributed by atoms with E-state index in [4.69, 9.17) is 16.7 Å². The summed E-state index contributed by atoms with van der Waals surface area (Å²) in [5, 5.41) is 15.3. The lowest BCUT2D eigenvalue weighted by Crippen LogP contribution is -2.38. The van der Waals surface area contributed by atoms with Crippen molar-refractivity contribution >= 4 is 40.9 Å². The Bertz CT molecular complexity index is 799. The molecule has 2 rings (SSSR count). The predicted octanol–water partition coefficient (Wildman–Crippen LogP) is 4.41. The minimum absolute atomic E-state index is 0.0176. The fraction of sp³-hybridized carbons (Fsp3) is 0.333. The summed E-state index contributed by atoms with van der Waals surface area (Å²) >= 11 is 7.78. The second-order valence-electron chi connectivity index (χ2n) is 6.54. The molecule has 0 unspecified atom stereocenters. The smallest absolute Gasteiger partial charge is 0.313 e. The van der Waals surface area contributed by atoms with Crippen molar-refractivity contribution < 1.29 is 14.7 Å². The molecule has 28 heavy (non-hydrogen) atoms. The number of anilines is 1. The SMILES string of the molecule is CC(C)Sc1c(Cl)cccc1NC(=O)C(=O)N[C@@H](CCCO)c1ccccc1. The van der Waals surface area contributed by atoms with Crippen molar-refractivity contribution in [3.05, 3.63) is 59.1 Å². The normalized spacial score (nSPS) is 11.9. The molecular formula is C21H25ClN2O3S. The highest BCUT2D eigenvalue weighted by molar-refractivity contribution is 8.00.